The summed E-state index contributed by atoms with van der Waals surface area (Å²) in [5.74, 6) is -0.0690. The summed E-state index contributed by atoms with van der Waals surface area (Å²) in [7, 11) is -1.76. The van der Waals surface area contributed by atoms with Crippen LogP contribution in [0, 0.1) is 0 Å². The molecular formula is C24H27N3O3S. The maximum atomic E-state index is 12.5. The van der Waals surface area contributed by atoms with Gasteiger partial charge < -0.3 is 5.32 Å². The van der Waals surface area contributed by atoms with Crippen LogP contribution in [0.3, 0.4) is 0 Å². The summed E-state index contributed by atoms with van der Waals surface area (Å²) in [5.41, 5.74) is 3.17. The van der Waals surface area contributed by atoms with Crippen LogP contribution in [0.2, 0.25) is 0 Å². The third kappa shape index (κ3) is 6.49. The number of nitrogens with zero attached hydrogens (tertiary/aromatic N) is 1. The minimum Gasteiger partial charge on any atom is -0.355 e. The molecule has 0 unspecified atom stereocenters. The molecule has 0 aromatic heterocycles. The number of likely N-dealkylation sites (N-methyl/N-ethyl adjacent to an activating group) is 1. The second-order valence-corrected chi connectivity index (χ2v) is 8.99. The molecule has 3 aromatic rings. The van der Waals surface area contributed by atoms with Crippen molar-refractivity contribution < 1.29 is 13.2 Å². The van der Waals surface area contributed by atoms with Gasteiger partial charge in [-0.1, -0.05) is 72.8 Å². The van der Waals surface area contributed by atoms with Crippen LogP contribution in [0.1, 0.15) is 22.7 Å². The van der Waals surface area contributed by atoms with E-state index in [9.17, 15) is 13.2 Å². The molecule has 0 saturated carbocycles. The standard InChI is InChI=1S/C24H27N3O3S/c1-27(24(20-8-4-2-5-9-20)21-10-6-3-7-11-21)18-23(28)26-17-16-19-12-14-22(15-13-19)31(25,29)30/h2-15,24H,16-18H2,1H3,(H,26,28)(H2,25,29,30). The Morgan fingerprint density at radius 3 is 1.90 bits per heavy atom. The number of amides is 1. The van der Waals surface area contributed by atoms with E-state index in [2.05, 4.69) is 29.6 Å². The molecule has 3 rings (SSSR count). The smallest absolute Gasteiger partial charge is 0.238 e. The summed E-state index contributed by atoms with van der Waals surface area (Å²) >= 11 is 0. The van der Waals surface area contributed by atoms with Crippen molar-refractivity contribution in [3.05, 3.63) is 102 Å². The summed E-state index contributed by atoms with van der Waals surface area (Å²) < 4.78 is 22.7. The monoisotopic (exact) mass is 437 g/mol. The molecule has 1 amide bonds. The molecule has 31 heavy (non-hydrogen) atoms. The van der Waals surface area contributed by atoms with Crippen molar-refractivity contribution >= 4 is 15.9 Å². The topological polar surface area (TPSA) is 92.5 Å². The second-order valence-electron chi connectivity index (χ2n) is 7.43. The highest BCUT2D eigenvalue weighted by Crippen LogP contribution is 2.27. The molecule has 7 heteroatoms. The Hall–Kier alpha value is -3.00. The molecule has 0 aliphatic heterocycles. The predicted octanol–water partition coefficient (Wildman–Crippen LogP) is 2.71. The summed E-state index contributed by atoms with van der Waals surface area (Å²) in [6.45, 7) is 0.710. The van der Waals surface area contributed by atoms with E-state index in [4.69, 9.17) is 5.14 Å². The fraction of sp³-hybridized carbons (Fsp3) is 0.208. The van der Waals surface area contributed by atoms with E-state index in [1.165, 1.54) is 12.1 Å². The lowest BCUT2D eigenvalue weighted by atomic mass is 9.97. The lowest BCUT2D eigenvalue weighted by Gasteiger charge is -2.28. The van der Waals surface area contributed by atoms with Gasteiger partial charge in [0.1, 0.15) is 0 Å². The van der Waals surface area contributed by atoms with Crippen LogP contribution in [-0.2, 0) is 21.2 Å². The number of primary sulfonamides is 1. The number of hydrogen-bond acceptors (Lipinski definition) is 4. The van der Waals surface area contributed by atoms with Gasteiger partial charge in [0.25, 0.3) is 0 Å². The Bertz CT molecular complexity index is 1050. The summed E-state index contributed by atoms with van der Waals surface area (Å²) in [4.78, 5) is 14.7. The predicted molar refractivity (Wildman–Crippen MR) is 122 cm³/mol. The fourth-order valence-corrected chi connectivity index (χ4v) is 4.05. The van der Waals surface area contributed by atoms with Gasteiger partial charge in [-0.2, -0.15) is 0 Å². The van der Waals surface area contributed by atoms with Crippen LogP contribution >= 0.6 is 0 Å². The number of nitrogens with two attached hydrogens (primary N) is 1. The average molecular weight is 438 g/mol. The van der Waals surface area contributed by atoms with Crippen molar-refractivity contribution in [1.82, 2.24) is 10.2 Å². The highest BCUT2D eigenvalue weighted by Gasteiger charge is 2.21. The summed E-state index contributed by atoms with van der Waals surface area (Å²) in [6, 6.07) is 26.6. The van der Waals surface area contributed by atoms with Crippen molar-refractivity contribution in [3.8, 4) is 0 Å². The van der Waals surface area contributed by atoms with E-state index >= 15 is 0 Å². The largest absolute Gasteiger partial charge is 0.355 e. The third-order valence-corrected chi connectivity index (χ3v) is 5.98. The number of nitrogens with one attached hydrogen (secondary N) is 1. The van der Waals surface area contributed by atoms with Gasteiger partial charge in [0.15, 0.2) is 0 Å². The Morgan fingerprint density at radius 2 is 1.42 bits per heavy atom. The van der Waals surface area contributed by atoms with E-state index in [-0.39, 0.29) is 23.4 Å². The van der Waals surface area contributed by atoms with Crippen LogP contribution in [0.4, 0.5) is 0 Å². The van der Waals surface area contributed by atoms with Gasteiger partial charge >= 0.3 is 0 Å². The Labute approximate surface area is 183 Å². The molecule has 0 atom stereocenters. The van der Waals surface area contributed by atoms with Crippen molar-refractivity contribution in [2.45, 2.75) is 17.4 Å². The lowest BCUT2D eigenvalue weighted by Crippen LogP contribution is -2.38. The zero-order chi connectivity index (χ0) is 22.3. The number of benzene rings is 3. The van der Waals surface area contributed by atoms with Crippen molar-refractivity contribution in [2.75, 3.05) is 20.1 Å². The molecule has 0 aliphatic carbocycles. The van der Waals surface area contributed by atoms with Gasteiger partial charge in [-0.15, -0.1) is 0 Å². The minimum atomic E-state index is -3.70. The minimum absolute atomic E-state index is 0.0288. The number of sulfonamides is 1. The molecule has 0 saturated heterocycles. The zero-order valence-corrected chi connectivity index (χ0v) is 18.3. The van der Waals surface area contributed by atoms with Gasteiger partial charge in [-0.05, 0) is 42.3 Å². The molecule has 3 aromatic carbocycles. The first-order valence-electron chi connectivity index (χ1n) is 10.0. The van der Waals surface area contributed by atoms with Crippen LogP contribution in [0.5, 0.6) is 0 Å². The third-order valence-electron chi connectivity index (χ3n) is 5.05. The molecule has 162 valence electrons. The molecular weight excluding hydrogens is 410 g/mol. The number of carbonyl (C=O) groups is 1. The van der Waals surface area contributed by atoms with Gasteiger partial charge in [0.2, 0.25) is 15.9 Å². The highest BCUT2D eigenvalue weighted by atomic mass is 32.2. The Morgan fingerprint density at radius 1 is 0.903 bits per heavy atom. The van der Waals surface area contributed by atoms with E-state index in [1.807, 2.05) is 48.3 Å². The first-order valence-corrected chi connectivity index (χ1v) is 11.6. The molecule has 3 N–H and O–H groups in total. The molecule has 0 radical (unpaired) electrons. The molecule has 0 fully saturated rings. The first kappa shape index (κ1) is 22.7. The zero-order valence-electron chi connectivity index (χ0n) is 17.4. The van der Waals surface area contributed by atoms with Crippen molar-refractivity contribution in [1.29, 1.82) is 0 Å². The van der Waals surface area contributed by atoms with Gasteiger partial charge in [-0.3, -0.25) is 9.69 Å². The normalized spacial score (nSPS) is 11.6. The van der Waals surface area contributed by atoms with Crippen molar-refractivity contribution in [2.24, 2.45) is 5.14 Å². The molecule has 0 bridgehead atoms. The van der Waals surface area contributed by atoms with Crippen LogP contribution in [-0.4, -0.2) is 39.4 Å². The van der Waals surface area contributed by atoms with E-state index in [1.54, 1.807) is 12.1 Å². The number of carbonyl (C=O) groups excluding carboxylic acids is 1. The molecule has 0 spiro atoms. The van der Waals surface area contributed by atoms with E-state index in [0.717, 1.165) is 16.7 Å². The maximum absolute atomic E-state index is 12.5. The van der Waals surface area contributed by atoms with Crippen LogP contribution in [0.25, 0.3) is 0 Å². The van der Waals surface area contributed by atoms with E-state index in [0.29, 0.717) is 13.0 Å². The number of hydrogen-bond donors (Lipinski definition) is 2. The highest BCUT2D eigenvalue weighted by molar-refractivity contribution is 7.89. The maximum Gasteiger partial charge on any atom is 0.238 e. The molecule has 0 heterocycles. The van der Waals surface area contributed by atoms with Gasteiger partial charge in [0.05, 0.1) is 17.5 Å². The molecule has 6 nitrogen and oxygen atoms in total. The summed E-state index contributed by atoms with van der Waals surface area (Å²) in [6.07, 6.45) is 0.598. The molecule has 0 aliphatic rings. The fourth-order valence-electron chi connectivity index (χ4n) is 3.54. The average Bonchev–Trinajstić information content (AvgIpc) is 2.75. The summed E-state index contributed by atoms with van der Waals surface area (Å²) in [5, 5.41) is 8.05. The quantitative estimate of drug-likeness (QED) is 0.538. The SMILES string of the molecule is CN(CC(=O)NCCc1ccc(S(N)(=O)=O)cc1)C(c1ccccc1)c1ccccc1. The Kier molecular flexibility index (Phi) is 7.57. The number of rotatable bonds is 9. The van der Waals surface area contributed by atoms with E-state index < -0.39 is 10.0 Å². The van der Waals surface area contributed by atoms with Gasteiger partial charge in [0, 0.05) is 6.54 Å². The first-order chi connectivity index (χ1) is 14.8. The van der Waals surface area contributed by atoms with Crippen LogP contribution < -0.4 is 10.5 Å². The van der Waals surface area contributed by atoms with Crippen molar-refractivity contribution in [3.63, 3.8) is 0 Å². The van der Waals surface area contributed by atoms with Gasteiger partial charge in [-0.25, -0.2) is 13.6 Å². The van der Waals surface area contributed by atoms with Crippen LogP contribution in [0.15, 0.2) is 89.8 Å². The lowest BCUT2D eigenvalue weighted by molar-refractivity contribution is -0.122. The Balaban J connectivity index is 1.58. The second kappa shape index (κ2) is 10.3.